The molecule has 0 bridgehead atoms. The summed E-state index contributed by atoms with van der Waals surface area (Å²) in [4.78, 5) is 7.23. The minimum atomic E-state index is 0. The van der Waals surface area contributed by atoms with Gasteiger partial charge in [0, 0.05) is 37.2 Å². The highest BCUT2D eigenvalue weighted by atomic mass is 127. The molecule has 1 saturated heterocycles. The summed E-state index contributed by atoms with van der Waals surface area (Å²) in [7, 11) is 1.72. The van der Waals surface area contributed by atoms with E-state index in [0.717, 1.165) is 31.3 Å². The van der Waals surface area contributed by atoms with Gasteiger partial charge < -0.3 is 15.0 Å². The van der Waals surface area contributed by atoms with Crippen molar-refractivity contribution in [2.45, 2.75) is 38.7 Å². The summed E-state index contributed by atoms with van der Waals surface area (Å²) in [6.45, 7) is 11.1. The first-order valence-corrected chi connectivity index (χ1v) is 9.26. The number of halogens is 1. The number of methoxy groups -OCH3 is 1. The Balaban J connectivity index is 0.00000288. The Morgan fingerprint density at radius 1 is 1.29 bits per heavy atom. The van der Waals surface area contributed by atoms with Crippen LogP contribution in [0.2, 0.25) is 0 Å². The predicted molar refractivity (Wildman–Crippen MR) is 115 cm³/mol. The Kier molecular flexibility index (Phi) is 9.44. The first kappa shape index (κ1) is 21.6. The van der Waals surface area contributed by atoms with Gasteiger partial charge in [-0.1, -0.05) is 24.3 Å². The van der Waals surface area contributed by atoms with Gasteiger partial charge in [0.2, 0.25) is 0 Å². The predicted octanol–water partition coefficient (Wildman–Crippen LogP) is 3.74. The van der Waals surface area contributed by atoms with Crippen LogP contribution in [0.3, 0.4) is 0 Å². The number of nitrogens with zero attached hydrogens (tertiary/aromatic N) is 2. The Morgan fingerprint density at radius 2 is 1.96 bits per heavy atom. The Hall–Kier alpha value is -0.470. The maximum absolute atomic E-state index is 5.15. The average molecular weight is 463 g/mol. The molecule has 1 fully saturated rings. The van der Waals surface area contributed by atoms with E-state index in [-0.39, 0.29) is 28.7 Å². The first-order valence-electron chi connectivity index (χ1n) is 8.28. The van der Waals surface area contributed by atoms with E-state index < -0.39 is 0 Å². The van der Waals surface area contributed by atoms with Gasteiger partial charge in [0.15, 0.2) is 5.96 Å². The van der Waals surface area contributed by atoms with Gasteiger partial charge in [-0.3, -0.25) is 0 Å². The molecule has 2 rings (SSSR count). The van der Waals surface area contributed by atoms with Gasteiger partial charge in [0.1, 0.15) is 0 Å². The Bertz CT molecular complexity index is 520. The summed E-state index contributed by atoms with van der Waals surface area (Å²) in [6.07, 6.45) is 0. The van der Waals surface area contributed by atoms with Crippen molar-refractivity contribution in [3.63, 3.8) is 0 Å². The molecule has 1 heterocycles. The molecule has 4 nitrogen and oxygen atoms in total. The second kappa shape index (κ2) is 10.5. The lowest BCUT2D eigenvalue weighted by Gasteiger charge is -2.39. The summed E-state index contributed by atoms with van der Waals surface area (Å²) < 4.78 is 5.44. The lowest BCUT2D eigenvalue weighted by atomic mass is 10.1. The van der Waals surface area contributed by atoms with Crippen molar-refractivity contribution in [3.8, 4) is 0 Å². The maximum atomic E-state index is 5.15. The quantitative estimate of drug-likeness (QED) is 0.410. The van der Waals surface area contributed by atoms with Crippen LogP contribution >= 0.6 is 35.7 Å². The first-order chi connectivity index (χ1) is 11.0. The summed E-state index contributed by atoms with van der Waals surface area (Å²) in [5.41, 5.74) is 2.42. The monoisotopic (exact) mass is 463 g/mol. The fraction of sp³-hybridized carbons (Fsp3) is 0.611. The summed E-state index contributed by atoms with van der Waals surface area (Å²) in [5.74, 6) is 2.19. The molecule has 0 spiro atoms. The lowest BCUT2D eigenvalue weighted by molar-refractivity contribution is 0.185. The highest BCUT2D eigenvalue weighted by Crippen LogP contribution is 2.29. The Labute approximate surface area is 167 Å². The zero-order valence-corrected chi connectivity index (χ0v) is 18.3. The SMILES string of the molecule is CCNC(=NCc1ccc(COC)cc1)N1CCSC(C)(C)C1.I. The van der Waals surface area contributed by atoms with E-state index in [1.54, 1.807) is 7.11 Å². The zero-order chi connectivity index (χ0) is 16.7. The van der Waals surface area contributed by atoms with E-state index in [2.05, 4.69) is 55.3 Å². The van der Waals surface area contributed by atoms with Crippen LogP contribution in [0.5, 0.6) is 0 Å². The molecule has 0 radical (unpaired) electrons. The van der Waals surface area contributed by atoms with Gasteiger partial charge >= 0.3 is 0 Å². The van der Waals surface area contributed by atoms with Gasteiger partial charge in [-0.2, -0.15) is 11.8 Å². The molecule has 24 heavy (non-hydrogen) atoms. The molecule has 0 aliphatic carbocycles. The smallest absolute Gasteiger partial charge is 0.194 e. The van der Waals surface area contributed by atoms with Crippen LogP contribution in [-0.4, -0.2) is 48.1 Å². The molecule has 0 aromatic heterocycles. The average Bonchev–Trinajstić information content (AvgIpc) is 2.52. The van der Waals surface area contributed by atoms with Crippen molar-refractivity contribution < 1.29 is 4.74 Å². The van der Waals surface area contributed by atoms with Crippen LogP contribution in [0.25, 0.3) is 0 Å². The number of aliphatic imine (C=N–C) groups is 1. The van der Waals surface area contributed by atoms with Crippen LogP contribution < -0.4 is 5.32 Å². The Morgan fingerprint density at radius 3 is 2.54 bits per heavy atom. The number of hydrogen-bond donors (Lipinski definition) is 1. The highest BCUT2D eigenvalue weighted by Gasteiger charge is 2.28. The lowest BCUT2D eigenvalue weighted by Crippen LogP contribution is -2.50. The van der Waals surface area contributed by atoms with E-state index in [1.165, 1.54) is 11.1 Å². The van der Waals surface area contributed by atoms with E-state index in [4.69, 9.17) is 9.73 Å². The van der Waals surface area contributed by atoms with Crippen molar-refractivity contribution in [1.82, 2.24) is 10.2 Å². The molecular weight excluding hydrogens is 433 g/mol. The van der Waals surface area contributed by atoms with Crippen molar-refractivity contribution in [2.75, 3.05) is 32.5 Å². The fourth-order valence-electron chi connectivity index (χ4n) is 2.70. The van der Waals surface area contributed by atoms with Crippen molar-refractivity contribution >= 4 is 41.7 Å². The molecule has 0 unspecified atom stereocenters. The molecule has 1 aromatic carbocycles. The van der Waals surface area contributed by atoms with E-state index in [9.17, 15) is 0 Å². The minimum Gasteiger partial charge on any atom is -0.380 e. The molecule has 1 aromatic rings. The van der Waals surface area contributed by atoms with Gasteiger partial charge in [-0.05, 0) is 31.9 Å². The zero-order valence-electron chi connectivity index (χ0n) is 15.2. The third kappa shape index (κ3) is 6.80. The number of nitrogens with one attached hydrogen (secondary N) is 1. The second-order valence-electron chi connectivity index (χ2n) is 6.45. The minimum absolute atomic E-state index is 0. The van der Waals surface area contributed by atoms with Crippen LogP contribution in [0.1, 0.15) is 31.9 Å². The third-order valence-electron chi connectivity index (χ3n) is 3.81. The molecule has 1 aliphatic heterocycles. The van der Waals surface area contributed by atoms with Gasteiger partial charge in [-0.25, -0.2) is 4.99 Å². The third-order valence-corrected chi connectivity index (χ3v) is 5.10. The molecule has 0 atom stereocenters. The number of thioether (sulfide) groups is 1. The summed E-state index contributed by atoms with van der Waals surface area (Å²) in [6, 6.07) is 8.50. The molecule has 1 aliphatic rings. The van der Waals surface area contributed by atoms with E-state index >= 15 is 0 Å². The number of rotatable bonds is 5. The summed E-state index contributed by atoms with van der Waals surface area (Å²) in [5, 5.41) is 3.44. The second-order valence-corrected chi connectivity index (χ2v) is 8.25. The van der Waals surface area contributed by atoms with Gasteiger partial charge in [0.25, 0.3) is 0 Å². The molecule has 0 amide bonds. The van der Waals surface area contributed by atoms with E-state index in [1.807, 2.05) is 11.8 Å². The van der Waals surface area contributed by atoms with Crippen LogP contribution in [0.4, 0.5) is 0 Å². The number of guanidine groups is 1. The normalized spacial score (nSPS) is 17.3. The van der Waals surface area contributed by atoms with Gasteiger partial charge in [-0.15, -0.1) is 24.0 Å². The molecule has 6 heteroatoms. The number of ether oxygens (including phenoxy) is 1. The topological polar surface area (TPSA) is 36.9 Å². The molecule has 0 saturated carbocycles. The fourth-order valence-corrected chi connectivity index (χ4v) is 3.81. The summed E-state index contributed by atoms with van der Waals surface area (Å²) >= 11 is 2.04. The van der Waals surface area contributed by atoms with Gasteiger partial charge in [0.05, 0.1) is 13.2 Å². The highest BCUT2D eigenvalue weighted by molar-refractivity contribution is 14.0. The molecular formula is C18H30IN3OS. The largest absolute Gasteiger partial charge is 0.380 e. The van der Waals surface area contributed by atoms with Crippen LogP contribution in [0.15, 0.2) is 29.3 Å². The van der Waals surface area contributed by atoms with Crippen molar-refractivity contribution in [3.05, 3.63) is 35.4 Å². The molecule has 136 valence electrons. The number of hydrogen-bond acceptors (Lipinski definition) is 3. The van der Waals surface area contributed by atoms with Crippen molar-refractivity contribution in [2.24, 2.45) is 4.99 Å². The standard InChI is InChI=1S/C18H29N3OS.HI/c1-5-19-17(21-10-11-23-18(2,3)14-21)20-12-15-6-8-16(9-7-15)13-22-4;/h6-9H,5,10-14H2,1-4H3,(H,19,20);1H. The van der Waals surface area contributed by atoms with Crippen LogP contribution in [-0.2, 0) is 17.9 Å². The maximum Gasteiger partial charge on any atom is 0.194 e. The van der Waals surface area contributed by atoms with E-state index in [0.29, 0.717) is 13.2 Å². The van der Waals surface area contributed by atoms with Crippen molar-refractivity contribution in [1.29, 1.82) is 0 Å². The molecule has 1 N–H and O–H groups in total. The van der Waals surface area contributed by atoms with Crippen LogP contribution in [0, 0.1) is 0 Å². The number of benzene rings is 1.